The molecule has 8 heteroatoms. The van der Waals surface area contributed by atoms with E-state index in [4.69, 9.17) is 9.47 Å². The van der Waals surface area contributed by atoms with Crippen LogP contribution in [0.1, 0.15) is 25.0 Å². The second-order valence-corrected chi connectivity index (χ2v) is 7.77. The van der Waals surface area contributed by atoms with Crippen molar-refractivity contribution < 1.29 is 13.7 Å². The molecule has 26 heavy (non-hydrogen) atoms. The van der Waals surface area contributed by atoms with E-state index in [1.807, 2.05) is 32.0 Å². The first-order valence-corrected chi connectivity index (χ1v) is 9.46. The Morgan fingerprint density at radius 3 is 2.81 bits per heavy atom. The summed E-state index contributed by atoms with van der Waals surface area (Å²) in [6.45, 7) is 3.89. The summed E-state index contributed by atoms with van der Waals surface area (Å²) < 4.78 is 25.1. The van der Waals surface area contributed by atoms with E-state index in [0.717, 1.165) is 16.8 Å². The van der Waals surface area contributed by atoms with Crippen LogP contribution in [0.2, 0.25) is 0 Å². The summed E-state index contributed by atoms with van der Waals surface area (Å²) in [4.78, 5) is 4.41. The molecule has 3 heterocycles. The van der Waals surface area contributed by atoms with Crippen molar-refractivity contribution >= 4 is 16.4 Å². The van der Waals surface area contributed by atoms with Crippen molar-refractivity contribution in [2.75, 3.05) is 13.4 Å². The van der Waals surface area contributed by atoms with Crippen LogP contribution >= 0.6 is 0 Å². The number of hydrogen-bond acceptors (Lipinski definition) is 6. The topological polar surface area (TPSA) is 89.5 Å². The van der Waals surface area contributed by atoms with Gasteiger partial charge in [0, 0.05) is 23.6 Å². The van der Waals surface area contributed by atoms with E-state index in [2.05, 4.69) is 16.2 Å². The average molecular weight is 368 g/mol. The summed E-state index contributed by atoms with van der Waals surface area (Å²) in [6.07, 6.45) is 3.19. The van der Waals surface area contributed by atoms with Crippen molar-refractivity contribution in [2.24, 2.45) is 0 Å². The minimum absolute atomic E-state index is 0.224. The number of aromatic nitrogens is 3. The summed E-state index contributed by atoms with van der Waals surface area (Å²) in [6, 6.07) is 7.61. The molecule has 0 saturated carbocycles. The standard InChI is InChI=1S/C18H16N4O3S/c1-18(2)13-9-20-16-12(8-19)17(26(4)23)21-22(16)15(13)11-7-10(24-3)5-6-14(11)25-18/h5-7,9H,1-4H3. The molecule has 4 rings (SSSR count). The van der Waals surface area contributed by atoms with E-state index in [9.17, 15) is 9.47 Å². The van der Waals surface area contributed by atoms with Gasteiger partial charge in [0.1, 0.15) is 28.7 Å². The quantitative estimate of drug-likeness (QED) is 0.691. The van der Waals surface area contributed by atoms with Crippen LogP contribution in [0.15, 0.2) is 29.4 Å². The zero-order valence-corrected chi connectivity index (χ0v) is 15.5. The Labute approximate surface area is 152 Å². The van der Waals surface area contributed by atoms with Crippen LogP contribution in [-0.2, 0) is 16.4 Å². The molecule has 1 unspecified atom stereocenters. The average Bonchev–Trinajstić information content (AvgIpc) is 2.99. The Kier molecular flexibility index (Phi) is 3.53. The van der Waals surface area contributed by atoms with Crippen molar-refractivity contribution in [1.29, 1.82) is 5.26 Å². The maximum atomic E-state index is 12.0. The van der Waals surface area contributed by atoms with Gasteiger partial charge in [-0.3, -0.25) is 4.21 Å². The molecule has 0 radical (unpaired) electrons. The summed E-state index contributed by atoms with van der Waals surface area (Å²) in [7, 11) is 0.188. The van der Waals surface area contributed by atoms with Gasteiger partial charge in [0.2, 0.25) is 0 Å². The minimum atomic E-state index is -1.41. The summed E-state index contributed by atoms with van der Waals surface area (Å²) in [5.74, 6) is 1.36. The lowest BCUT2D eigenvalue weighted by atomic mass is 9.90. The van der Waals surface area contributed by atoms with Crippen molar-refractivity contribution in [1.82, 2.24) is 14.6 Å². The van der Waals surface area contributed by atoms with Gasteiger partial charge in [0.25, 0.3) is 0 Å². The van der Waals surface area contributed by atoms with E-state index in [-0.39, 0.29) is 10.6 Å². The summed E-state index contributed by atoms with van der Waals surface area (Å²) >= 11 is 0. The monoisotopic (exact) mass is 368 g/mol. The molecule has 0 N–H and O–H groups in total. The Morgan fingerprint density at radius 2 is 2.15 bits per heavy atom. The largest absolute Gasteiger partial charge is 0.497 e. The molecule has 1 aliphatic heterocycles. The van der Waals surface area contributed by atoms with Crippen molar-refractivity contribution in [3.05, 3.63) is 35.5 Å². The molecule has 1 aliphatic rings. The van der Waals surface area contributed by atoms with E-state index in [1.54, 1.807) is 17.8 Å². The molecule has 0 fully saturated rings. The molecule has 2 aromatic heterocycles. The minimum Gasteiger partial charge on any atom is -0.497 e. The zero-order chi connectivity index (χ0) is 18.6. The van der Waals surface area contributed by atoms with E-state index in [1.165, 1.54) is 6.26 Å². The van der Waals surface area contributed by atoms with Gasteiger partial charge in [0.15, 0.2) is 10.7 Å². The first kappa shape index (κ1) is 16.5. The van der Waals surface area contributed by atoms with Gasteiger partial charge in [0.05, 0.1) is 23.6 Å². The van der Waals surface area contributed by atoms with E-state index in [0.29, 0.717) is 17.1 Å². The number of nitriles is 1. The van der Waals surface area contributed by atoms with Gasteiger partial charge in [-0.05, 0) is 32.0 Å². The number of benzene rings is 1. The number of hydrogen-bond donors (Lipinski definition) is 0. The highest BCUT2D eigenvalue weighted by Crippen LogP contribution is 2.46. The number of fused-ring (bicyclic) bond motifs is 5. The predicted molar refractivity (Wildman–Crippen MR) is 95.7 cm³/mol. The van der Waals surface area contributed by atoms with Crippen LogP contribution in [0, 0.1) is 11.3 Å². The molecule has 0 amide bonds. The van der Waals surface area contributed by atoms with Gasteiger partial charge >= 0.3 is 0 Å². The fourth-order valence-electron chi connectivity index (χ4n) is 3.20. The molecule has 0 bridgehead atoms. The maximum Gasteiger partial charge on any atom is 0.174 e. The van der Waals surface area contributed by atoms with Gasteiger partial charge in [-0.2, -0.15) is 10.4 Å². The Bertz CT molecular complexity index is 1130. The van der Waals surface area contributed by atoms with E-state index < -0.39 is 16.4 Å². The second-order valence-electron chi connectivity index (χ2n) is 6.48. The lowest BCUT2D eigenvalue weighted by molar-refractivity contribution is 0.104. The lowest BCUT2D eigenvalue weighted by Gasteiger charge is -2.34. The number of nitrogens with zero attached hydrogens (tertiary/aromatic N) is 4. The SMILES string of the molecule is COc1ccc2c(c1)-c1c(cnc3c(C#N)c(S(C)=O)nn13)C(C)(C)O2. The first-order chi connectivity index (χ1) is 12.4. The van der Waals surface area contributed by atoms with Crippen LogP contribution < -0.4 is 9.47 Å². The van der Waals surface area contributed by atoms with Gasteiger partial charge in [-0.15, -0.1) is 0 Å². The molecular weight excluding hydrogens is 352 g/mol. The van der Waals surface area contributed by atoms with Crippen molar-refractivity contribution in [3.63, 3.8) is 0 Å². The molecular formula is C18H16N4O3S. The van der Waals surface area contributed by atoms with Gasteiger partial charge in [-0.25, -0.2) is 9.50 Å². The smallest absolute Gasteiger partial charge is 0.174 e. The molecule has 1 aromatic carbocycles. The fourth-order valence-corrected chi connectivity index (χ4v) is 3.83. The first-order valence-electron chi connectivity index (χ1n) is 7.90. The Balaban J connectivity index is 2.16. The molecule has 7 nitrogen and oxygen atoms in total. The van der Waals surface area contributed by atoms with Crippen LogP contribution in [0.3, 0.4) is 0 Å². The fraction of sp³-hybridized carbons (Fsp3) is 0.278. The molecule has 0 spiro atoms. The molecule has 132 valence electrons. The highest BCUT2D eigenvalue weighted by Gasteiger charge is 2.36. The van der Waals surface area contributed by atoms with Crippen molar-refractivity contribution in [2.45, 2.75) is 24.5 Å². The molecule has 0 saturated heterocycles. The third-order valence-electron chi connectivity index (χ3n) is 4.45. The van der Waals surface area contributed by atoms with Gasteiger partial charge < -0.3 is 9.47 Å². The van der Waals surface area contributed by atoms with E-state index >= 15 is 0 Å². The second kappa shape index (κ2) is 5.54. The molecule has 0 aliphatic carbocycles. The Morgan fingerprint density at radius 1 is 1.38 bits per heavy atom. The van der Waals surface area contributed by atoms with Crippen LogP contribution in [0.5, 0.6) is 11.5 Å². The third kappa shape index (κ3) is 2.21. The maximum absolute atomic E-state index is 12.0. The van der Waals surface area contributed by atoms with Crippen LogP contribution in [-0.4, -0.2) is 32.2 Å². The Hall–Kier alpha value is -2.92. The highest BCUT2D eigenvalue weighted by atomic mass is 32.2. The predicted octanol–water partition coefficient (Wildman–Crippen LogP) is 2.64. The number of methoxy groups -OCH3 is 1. The summed E-state index contributed by atoms with van der Waals surface area (Å²) in [5.41, 5.74) is 2.33. The number of rotatable bonds is 2. The highest BCUT2D eigenvalue weighted by molar-refractivity contribution is 7.84. The molecule has 3 aromatic rings. The normalized spacial score (nSPS) is 15.5. The number of ether oxygens (including phenoxy) is 2. The zero-order valence-electron chi connectivity index (χ0n) is 14.7. The summed E-state index contributed by atoms with van der Waals surface area (Å²) in [5, 5.41) is 14.2. The van der Waals surface area contributed by atoms with Crippen molar-refractivity contribution in [3.8, 4) is 28.8 Å². The van der Waals surface area contributed by atoms with Crippen LogP contribution in [0.4, 0.5) is 0 Å². The van der Waals surface area contributed by atoms with Gasteiger partial charge in [-0.1, -0.05) is 0 Å². The molecule has 1 atom stereocenters. The lowest BCUT2D eigenvalue weighted by Crippen LogP contribution is -2.30. The third-order valence-corrected chi connectivity index (χ3v) is 5.28. The van der Waals surface area contributed by atoms with Crippen LogP contribution in [0.25, 0.3) is 16.9 Å².